The van der Waals surface area contributed by atoms with Crippen molar-refractivity contribution in [1.82, 2.24) is 4.72 Å². The van der Waals surface area contributed by atoms with Gasteiger partial charge in [-0.3, -0.25) is 10.1 Å². The number of ether oxygens (including phenoxy) is 3. The molecule has 0 spiro atoms. The molecule has 2 aromatic carbocycles. The van der Waals surface area contributed by atoms with Crippen LogP contribution >= 0.6 is 0 Å². The van der Waals surface area contributed by atoms with Gasteiger partial charge in [0.1, 0.15) is 17.3 Å². The van der Waals surface area contributed by atoms with Gasteiger partial charge in [-0.1, -0.05) is 6.07 Å². The highest BCUT2D eigenvalue weighted by Gasteiger charge is 2.23. The molecule has 0 radical (unpaired) electrons. The van der Waals surface area contributed by atoms with Crippen LogP contribution in [0, 0.1) is 10.1 Å². The van der Waals surface area contributed by atoms with Gasteiger partial charge in [0.05, 0.1) is 18.1 Å². The first-order chi connectivity index (χ1) is 15.8. The highest BCUT2D eigenvalue weighted by Crippen LogP contribution is 2.26. The molecule has 3 rings (SSSR count). The zero-order valence-electron chi connectivity index (χ0n) is 17.9. The van der Waals surface area contributed by atoms with Gasteiger partial charge in [0.25, 0.3) is 5.69 Å². The van der Waals surface area contributed by atoms with Crippen molar-refractivity contribution in [2.75, 3.05) is 20.3 Å². The first-order valence-corrected chi connectivity index (χ1v) is 11.6. The molecule has 0 unspecified atom stereocenters. The van der Waals surface area contributed by atoms with E-state index >= 15 is 0 Å². The first-order valence-electron chi connectivity index (χ1n) is 10.2. The second kappa shape index (κ2) is 11.0. The maximum atomic E-state index is 12.8. The Morgan fingerprint density at radius 2 is 2.03 bits per heavy atom. The second-order valence-electron chi connectivity index (χ2n) is 7.26. The molecule has 0 saturated carbocycles. The smallest absolute Gasteiger partial charge is 0.331 e. The topological polar surface area (TPSA) is 134 Å². The lowest BCUT2D eigenvalue weighted by molar-refractivity contribution is -0.384. The van der Waals surface area contributed by atoms with Gasteiger partial charge >= 0.3 is 5.97 Å². The summed E-state index contributed by atoms with van der Waals surface area (Å²) in [5.41, 5.74) is 0.999. The van der Waals surface area contributed by atoms with Crippen molar-refractivity contribution in [2.45, 2.75) is 30.4 Å². The number of nitro groups is 1. The zero-order chi connectivity index (χ0) is 23.8. The number of esters is 1. The Bertz CT molecular complexity index is 1120. The largest absolute Gasteiger partial charge is 0.495 e. The summed E-state index contributed by atoms with van der Waals surface area (Å²) < 4.78 is 43.9. The fourth-order valence-corrected chi connectivity index (χ4v) is 4.44. The van der Waals surface area contributed by atoms with E-state index in [0.29, 0.717) is 17.7 Å². The number of nitrogens with zero attached hydrogens (tertiary/aromatic N) is 1. The molecule has 11 heteroatoms. The third-order valence-electron chi connectivity index (χ3n) is 4.94. The van der Waals surface area contributed by atoms with E-state index in [-0.39, 0.29) is 35.6 Å². The number of rotatable bonds is 10. The number of carbonyl (C=O) groups excluding carboxylic acids is 1. The standard InChI is InChI=1S/C22H24N2O8S/c1-30-20-10-6-16(13-21(20)33(28,29)23-14-19-3-2-12-31-19)7-11-22(25)32-15-17-4-8-18(9-5-17)24(26)27/h4-11,13,19,23H,2-3,12,14-15H2,1H3/b11-7+/t19-/m1/s1. The third-order valence-corrected chi connectivity index (χ3v) is 6.39. The molecule has 0 aromatic heterocycles. The quantitative estimate of drug-likeness (QED) is 0.239. The van der Waals surface area contributed by atoms with Crippen molar-refractivity contribution >= 4 is 27.8 Å². The van der Waals surface area contributed by atoms with Crippen LogP contribution in [-0.2, 0) is 30.9 Å². The first kappa shape index (κ1) is 24.4. The molecule has 176 valence electrons. The number of sulfonamides is 1. The normalized spacial score (nSPS) is 16.1. The summed E-state index contributed by atoms with van der Waals surface area (Å²) in [5.74, 6) is -0.474. The molecule has 0 aliphatic carbocycles. The molecule has 1 saturated heterocycles. The van der Waals surface area contributed by atoms with Gasteiger partial charge in [-0.05, 0) is 54.3 Å². The van der Waals surface area contributed by atoms with Gasteiger partial charge in [0.2, 0.25) is 10.0 Å². The molecule has 1 atom stereocenters. The molecular formula is C22H24N2O8S. The van der Waals surface area contributed by atoms with Crippen LogP contribution < -0.4 is 9.46 Å². The molecule has 1 heterocycles. The zero-order valence-corrected chi connectivity index (χ0v) is 18.7. The van der Waals surface area contributed by atoms with Crippen LogP contribution in [0.1, 0.15) is 24.0 Å². The predicted octanol–water partition coefficient (Wildman–Crippen LogP) is 2.82. The van der Waals surface area contributed by atoms with Crippen LogP contribution in [0.2, 0.25) is 0 Å². The maximum Gasteiger partial charge on any atom is 0.331 e. The average molecular weight is 477 g/mol. The van der Waals surface area contributed by atoms with Crippen molar-refractivity contribution in [1.29, 1.82) is 0 Å². The van der Waals surface area contributed by atoms with E-state index in [4.69, 9.17) is 14.2 Å². The minimum atomic E-state index is -3.86. The molecule has 2 aromatic rings. The Kier molecular flexibility index (Phi) is 8.15. The van der Waals surface area contributed by atoms with Crippen LogP contribution in [-0.4, -0.2) is 45.7 Å². The van der Waals surface area contributed by atoms with E-state index in [9.17, 15) is 23.3 Å². The van der Waals surface area contributed by atoms with Crippen molar-refractivity contribution in [3.05, 3.63) is 69.8 Å². The van der Waals surface area contributed by atoms with Gasteiger partial charge in [-0.2, -0.15) is 0 Å². The van der Waals surface area contributed by atoms with E-state index in [0.717, 1.165) is 12.8 Å². The van der Waals surface area contributed by atoms with Crippen molar-refractivity contribution in [3.63, 3.8) is 0 Å². The van der Waals surface area contributed by atoms with E-state index in [1.807, 2.05) is 0 Å². The molecule has 10 nitrogen and oxygen atoms in total. The van der Waals surface area contributed by atoms with E-state index in [1.165, 1.54) is 55.7 Å². The molecule has 1 N–H and O–H groups in total. The molecule has 0 bridgehead atoms. The Morgan fingerprint density at radius 3 is 2.67 bits per heavy atom. The van der Waals surface area contributed by atoms with Gasteiger partial charge < -0.3 is 14.2 Å². The van der Waals surface area contributed by atoms with Crippen molar-refractivity contribution in [2.24, 2.45) is 0 Å². The number of nitro benzene ring substituents is 1. The summed E-state index contributed by atoms with van der Waals surface area (Å²) in [5, 5.41) is 10.7. The lowest BCUT2D eigenvalue weighted by atomic mass is 10.2. The Hall–Kier alpha value is -3.28. The van der Waals surface area contributed by atoms with Gasteiger partial charge in [0, 0.05) is 31.4 Å². The number of non-ortho nitro benzene ring substituents is 1. The van der Waals surface area contributed by atoms with Crippen molar-refractivity contribution < 1.29 is 32.3 Å². The Balaban J connectivity index is 1.63. The predicted molar refractivity (Wildman–Crippen MR) is 119 cm³/mol. The van der Waals surface area contributed by atoms with Crippen molar-refractivity contribution in [3.8, 4) is 5.75 Å². The number of hydrogen-bond donors (Lipinski definition) is 1. The number of benzene rings is 2. The van der Waals surface area contributed by atoms with Crippen LogP contribution in [0.5, 0.6) is 5.75 Å². The molecule has 33 heavy (non-hydrogen) atoms. The molecule has 1 aliphatic heterocycles. The van der Waals surface area contributed by atoms with Gasteiger partial charge in [0.15, 0.2) is 0 Å². The summed E-state index contributed by atoms with van der Waals surface area (Å²) in [7, 11) is -2.49. The van der Waals surface area contributed by atoms with Crippen LogP contribution in [0.4, 0.5) is 5.69 Å². The highest BCUT2D eigenvalue weighted by atomic mass is 32.2. The van der Waals surface area contributed by atoms with Gasteiger partial charge in [-0.15, -0.1) is 0 Å². The molecular weight excluding hydrogens is 452 g/mol. The van der Waals surface area contributed by atoms with E-state index < -0.39 is 20.9 Å². The van der Waals surface area contributed by atoms with Crippen LogP contribution in [0.25, 0.3) is 6.08 Å². The fourth-order valence-electron chi connectivity index (χ4n) is 3.17. The lowest BCUT2D eigenvalue weighted by Gasteiger charge is -2.14. The van der Waals surface area contributed by atoms with Crippen LogP contribution in [0.3, 0.4) is 0 Å². The molecule has 1 fully saturated rings. The summed E-state index contributed by atoms with van der Waals surface area (Å²) in [6, 6.07) is 10.2. The van der Waals surface area contributed by atoms with E-state index in [2.05, 4.69) is 4.72 Å². The Morgan fingerprint density at radius 1 is 1.27 bits per heavy atom. The average Bonchev–Trinajstić information content (AvgIpc) is 3.34. The minimum absolute atomic E-state index is 0.0515. The molecule has 0 amide bonds. The summed E-state index contributed by atoms with van der Waals surface area (Å²) in [4.78, 5) is 22.1. The number of nitrogens with one attached hydrogen (secondary N) is 1. The molecule has 1 aliphatic rings. The third kappa shape index (κ3) is 6.85. The van der Waals surface area contributed by atoms with Crippen LogP contribution in [0.15, 0.2) is 53.4 Å². The number of hydrogen-bond acceptors (Lipinski definition) is 8. The minimum Gasteiger partial charge on any atom is -0.495 e. The summed E-state index contributed by atoms with van der Waals surface area (Å²) >= 11 is 0. The maximum absolute atomic E-state index is 12.8. The summed E-state index contributed by atoms with van der Waals surface area (Å²) in [6.45, 7) is 0.730. The second-order valence-corrected chi connectivity index (χ2v) is 9.00. The highest BCUT2D eigenvalue weighted by molar-refractivity contribution is 7.89. The lowest BCUT2D eigenvalue weighted by Crippen LogP contribution is -2.32. The van der Waals surface area contributed by atoms with Gasteiger partial charge in [-0.25, -0.2) is 17.9 Å². The summed E-state index contributed by atoms with van der Waals surface area (Å²) in [6.07, 6.45) is 4.14. The SMILES string of the molecule is COc1ccc(/C=C/C(=O)OCc2ccc([N+](=O)[O-])cc2)cc1S(=O)(=O)NC[C@H]1CCCO1. The van der Waals surface area contributed by atoms with E-state index in [1.54, 1.807) is 6.07 Å². The monoisotopic (exact) mass is 476 g/mol. The number of methoxy groups -OCH3 is 1. The fraction of sp³-hybridized carbons (Fsp3) is 0.318. The Labute approximate surface area is 191 Å². The number of carbonyl (C=O) groups is 1.